The molecule has 0 heterocycles. The van der Waals surface area contributed by atoms with Crippen LogP contribution < -0.4 is 9.47 Å². The second kappa shape index (κ2) is 6.87. The van der Waals surface area contributed by atoms with Crippen molar-refractivity contribution in [2.24, 2.45) is 34.5 Å². The summed E-state index contributed by atoms with van der Waals surface area (Å²) in [5.74, 6) is 6.00. The Labute approximate surface area is 210 Å². The average molecular weight is 469 g/mol. The van der Waals surface area contributed by atoms with Gasteiger partial charge in [0.15, 0.2) is 0 Å². The lowest BCUT2D eigenvalue weighted by molar-refractivity contribution is -0.398. The predicted molar refractivity (Wildman–Crippen MR) is 139 cm³/mol. The number of hydrogen-bond acceptors (Lipinski definition) is 2. The van der Waals surface area contributed by atoms with Gasteiger partial charge in [0.05, 0.1) is 13.2 Å². The summed E-state index contributed by atoms with van der Waals surface area (Å²) < 4.78 is 11.8. The van der Waals surface area contributed by atoms with Crippen LogP contribution in [-0.2, 0) is 10.8 Å². The van der Waals surface area contributed by atoms with E-state index in [2.05, 4.69) is 62.4 Å². The van der Waals surface area contributed by atoms with Gasteiger partial charge in [-0.2, -0.15) is 0 Å². The van der Waals surface area contributed by atoms with Crippen molar-refractivity contribution >= 4 is 0 Å². The van der Waals surface area contributed by atoms with Gasteiger partial charge < -0.3 is 9.47 Å². The minimum atomic E-state index is 0.447. The second-order valence-electron chi connectivity index (χ2n) is 13.5. The second-order valence-corrected chi connectivity index (χ2v) is 13.5. The van der Waals surface area contributed by atoms with Crippen LogP contribution in [0.4, 0.5) is 0 Å². The molecule has 9 saturated carbocycles. The van der Waals surface area contributed by atoms with E-state index in [1.807, 2.05) is 0 Å². The van der Waals surface area contributed by atoms with Crippen LogP contribution in [0.2, 0.25) is 0 Å². The average Bonchev–Trinajstić information content (AvgIpc) is 2.89. The van der Waals surface area contributed by atoms with Gasteiger partial charge in [-0.15, -0.1) is 0 Å². The number of ether oxygens (including phenoxy) is 2. The molecule has 2 heteroatoms. The first kappa shape index (κ1) is 21.2. The Bertz CT molecular complexity index is 1100. The van der Waals surface area contributed by atoms with Crippen LogP contribution in [0.1, 0.15) is 82.8 Å². The number of hydrogen-bond donors (Lipinski definition) is 0. The van der Waals surface area contributed by atoms with E-state index in [4.69, 9.17) is 9.47 Å². The summed E-state index contributed by atoms with van der Waals surface area (Å²) in [5, 5.41) is 0. The molecule has 184 valence electrons. The van der Waals surface area contributed by atoms with Gasteiger partial charge in [0.1, 0.15) is 11.5 Å². The quantitative estimate of drug-likeness (QED) is 0.395. The molecule has 2 aromatic rings. The fourth-order valence-corrected chi connectivity index (χ4v) is 11.6. The molecule has 9 aliphatic rings. The minimum Gasteiger partial charge on any atom is -0.494 e. The molecule has 0 amide bonds. The van der Waals surface area contributed by atoms with E-state index in [-0.39, 0.29) is 0 Å². The molecule has 9 aliphatic carbocycles. The fourth-order valence-electron chi connectivity index (χ4n) is 11.6. The lowest BCUT2D eigenvalue weighted by Crippen LogP contribution is -2.85. The molecule has 11 rings (SSSR count). The molecule has 8 bridgehead atoms. The first-order chi connectivity index (χ1) is 17.1. The van der Waals surface area contributed by atoms with Gasteiger partial charge in [0.2, 0.25) is 0 Å². The van der Waals surface area contributed by atoms with Crippen molar-refractivity contribution in [2.75, 3.05) is 13.2 Å². The molecule has 2 nitrogen and oxygen atoms in total. The molecule has 0 aromatic heterocycles. The Morgan fingerprint density at radius 1 is 0.629 bits per heavy atom. The maximum atomic E-state index is 5.91. The zero-order chi connectivity index (χ0) is 23.5. The van der Waals surface area contributed by atoms with Gasteiger partial charge in [0, 0.05) is 0 Å². The molecule has 8 atom stereocenters. The number of benzene rings is 2. The van der Waals surface area contributed by atoms with Crippen molar-refractivity contribution in [1.82, 2.24) is 0 Å². The molecule has 6 unspecified atom stereocenters. The SMILES string of the molecule is CCCOc1ccc(C23CC4C56CC7(c8ccc(OCCC)cc8)CC([C@H]5C2)[C@H](C3)C4(C7)C6)cc1. The summed E-state index contributed by atoms with van der Waals surface area (Å²) in [6, 6.07) is 18.8. The zero-order valence-corrected chi connectivity index (χ0v) is 21.5. The summed E-state index contributed by atoms with van der Waals surface area (Å²) in [4.78, 5) is 0. The van der Waals surface area contributed by atoms with Crippen molar-refractivity contribution in [3.63, 3.8) is 0 Å². The molecule has 0 radical (unpaired) electrons. The molecule has 0 saturated heterocycles. The topological polar surface area (TPSA) is 18.5 Å². The summed E-state index contributed by atoms with van der Waals surface area (Å²) in [5.41, 5.74) is 5.46. The lowest BCUT2D eigenvalue weighted by atomic mass is 9.13. The van der Waals surface area contributed by atoms with Crippen molar-refractivity contribution in [1.29, 1.82) is 0 Å². The van der Waals surface area contributed by atoms with Crippen LogP contribution in [0.15, 0.2) is 48.5 Å². The highest BCUT2D eigenvalue weighted by Crippen LogP contribution is 2.93. The van der Waals surface area contributed by atoms with Gasteiger partial charge >= 0.3 is 0 Å². The van der Waals surface area contributed by atoms with E-state index in [0.29, 0.717) is 21.7 Å². The van der Waals surface area contributed by atoms with E-state index >= 15 is 0 Å². The van der Waals surface area contributed by atoms with Crippen LogP contribution in [0.5, 0.6) is 11.5 Å². The molecule has 9 fully saturated rings. The van der Waals surface area contributed by atoms with Crippen molar-refractivity contribution in [3.05, 3.63) is 59.7 Å². The largest absolute Gasteiger partial charge is 0.494 e. The van der Waals surface area contributed by atoms with E-state index in [0.717, 1.165) is 61.2 Å². The molecule has 2 spiro atoms. The lowest BCUT2D eigenvalue weighted by Gasteiger charge is -2.91. The minimum absolute atomic E-state index is 0.447. The van der Waals surface area contributed by atoms with Crippen LogP contribution >= 0.6 is 0 Å². The van der Waals surface area contributed by atoms with Crippen molar-refractivity contribution in [3.8, 4) is 11.5 Å². The molecule has 0 aliphatic heterocycles. The van der Waals surface area contributed by atoms with Crippen LogP contribution in [0, 0.1) is 34.5 Å². The third-order valence-corrected chi connectivity index (χ3v) is 12.2. The van der Waals surface area contributed by atoms with E-state index in [1.54, 1.807) is 17.5 Å². The van der Waals surface area contributed by atoms with Gasteiger partial charge in [-0.25, -0.2) is 0 Å². The molecular weight excluding hydrogens is 428 g/mol. The first-order valence-electron chi connectivity index (χ1n) is 14.5. The van der Waals surface area contributed by atoms with E-state index in [9.17, 15) is 0 Å². The van der Waals surface area contributed by atoms with Crippen molar-refractivity contribution in [2.45, 2.75) is 82.5 Å². The Hall–Kier alpha value is -1.96. The third kappa shape index (κ3) is 2.48. The van der Waals surface area contributed by atoms with Crippen LogP contribution in [-0.4, -0.2) is 13.2 Å². The monoisotopic (exact) mass is 468 g/mol. The van der Waals surface area contributed by atoms with Gasteiger partial charge in [-0.3, -0.25) is 0 Å². The zero-order valence-electron chi connectivity index (χ0n) is 21.5. The van der Waals surface area contributed by atoms with Crippen LogP contribution in [0.25, 0.3) is 0 Å². The molecule has 35 heavy (non-hydrogen) atoms. The number of rotatable bonds is 8. The van der Waals surface area contributed by atoms with Gasteiger partial charge in [-0.05, 0) is 139 Å². The molecular formula is C33H40O2. The normalized spacial score (nSPS) is 45.0. The van der Waals surface area contributed by atoms with Gasteiger partial charge in [-0.1, -0.05) is 38.1 Å². The third-order valence-electron chi connectivity index (χ3n) is 12.2. The van der Waals surface area contributed by atoms with E-state index < -0.39 is 0 Å². The summed E-state index contributed by atoms with van der Waals surface area (Å²) >= 11 is 0. The smallest absolute Gasteiger partial charge is 0.119 e. The Morgan fingerprint density at radius 2 is 1.14 bits per heavy atom. The maximum absolute atomic E-state index is 5.91. The molecule has 0 N–H and O–H groups in total. The Balaban J connectivity index is 1.10. The predicted octanol–water partition coefficient (Wildman–Crippen LogP) is 7.69. The highest BCUT2D eigenvalue weighted by molar-refractivity contribution is 5.46. The summed E-state index contributed by atoms with van der Waals surface area (Å²) in [6.07, 6.45) is 12.5. The highest BCUT2D eigenvalue weighted by atomic mass is 16.5. The standard InChI is InChI=1S/C33H40O2/c1-3-13-34-24-9-5-22(6-10-24)30-16-27-26-15-31(23-7-11-25(12-8-23)35-14-4-2)19-32(27)21-33(20-31,28(26)17-30)29(32)18-30/h5-12,26-29H,3-4,13-21H2,1-2H3/t26?,27-,28+,29?,30?,31?,32?,33?. The summed E-state index contributed by atoms with van der Waals surface area (Å²) in [6.45, 7) is 5.99. The Kier molecular flexibility index (Phi) is 4.15. The maximum Gasteiger partial charge on any atom is 0.119 e. The van der Waals surface area contributed by atoms with E-state index in [1.165, 1.54) is 38.5 Å². The van der Waals surface area contributed by atoms with Crippen LogP contribution in [0.3, 0.4) is 0 Å². The summed E-state index contributed by atoms with van der Waals surface area (Å²) in [7, 11) is 0. The van der Waals surface area contributed by atoms with Gasteiger partial charge in [0.25, 0.3) is 0 Å². The first-order valence-corrected chi connectivity index (χ1v) is 14.5. The van der Waals surface area contributed by atoms with Crippen molar-refractivity contribution < 1.29 is 9.47 Å². The highest BCUT2D eigenvalue weighted by Gasteiger charge is 2.86. The fraction of sp³-hybridized carbons (Fsp3) is 0.636. The molecule has 2 aromatic carbocycles. The Morgan fingerprint density at radius 3 is 1.66 bits per heavy atom.